The molecule has 0 saturated heterocycles. The maximum absolute atomic E-state index is 12.3. The molecule has 1 aliphatic carbocycles. The topological polar surface area (TPSA) is 87.8 Å². The first-order valence-corrected chi connectivity index (χ1v) is 9.87. The Morgan fingerprint density at radius 1 is 1.21 bits per heavy atom. The van der Waals surface area contributed by atoms with Crippen LogP contribution in [0.25, 0.3) is 11.1 Å². The molecule has 0 radical (unpaired) electrons. The summed E-state index contributed by atoms with van der Waals surface area (Å²) >= 11 is 0. The van der Waals surface area contributed by atoms with Gasteiger partial charge in [0.05, 0.1) is 12.0 Å². The monoisotopic (exact) mass is 390 g/mol. The number of nitrogens with zero attached hydrogens (tertiary/aromatic N) is 2. The lowest BCUT2D eigenvalue weighted by atomic mass is 9.87. The fourth-order valence-corrected chi connectivity index (χ4v) is 4.32. The summed E-state index contributed by atoms with van der Waals surface area (Å²) in [5.41, 5.74) is 9.71. The summed E-state index contributed by atoms with van der Waals surface area (Å²) < 4.78 is 0. The number of guanidine groups is 1. The molecule has 1 fully saturated rings. The number of amides is 2. The van der Waals surface area contributed by atoms with E-state index in [2.05, 4.69) is 34.6 Å². The van der Waals surface area contributed by atoms with Crippen molar-refractivity contribution in [2.45, 2.75) is 38.1 Å². The van der Waals surface area contributed by atoms with Crippen molar-refractivity contribution < 1.29 is 9.59 Å². The maximum Gasteiger partial charge on any atom is 0.231 e. The van der Waals surface area contributed by atoms with E-state index in [1.807, 2.05) is 31.2 Å². The number of carbonyl (C=O) groups is 2. The van der Waals surface area contributed by atoms with Gasteiger partial charge in [-0.25, -0.2) is 4.99 Å². The number of aliphatic imine (C=N–C) groups is 1. The fourth-order valence-electron chi connectivity index (χ4n) is 4.32. The van der Waals surface area contributed by atoms with E-state index in [0.29, 0.717) is 24.2 Å². The summed E-state index contributed by atoms with van der Waals surface area (Å²) in [5.74, 6) is 0.912. The number of benzene rings is 2. The minimum Gasteiger partial charge on any atom is -0.369 e. The van der Waals surface area contributed by atoms with Crippen LogP contribution in [0.3, 0.4) is 0 Å². The first kappa shape index (κ1) is 19.2. The molecule has 6 nitrogen and oxygen atoms in total. The fraction of sp³-hybridized carbons (Fsp3) is 0.348. The largest absolute Gasteiger partial charge is 0.369 e. The molecule has 1 aliphatic heterocycles. The van der Waals surface area contributed by atoms with Gasteiger partial charge in [0, 0.05) is 19.7 Å². The molecule has 29 heavy (non-hydrogen) atoms. The van der Waals surface area contributed by atoms with E-state index in [4.69, 9.17) is 5.73 Å². The van der Waals surface area contributed by atoms with E-state index in [-0.39, 0.29) is 11.8 Å². The molecule has 3 atom stereocenters. The van der Waals surface area contributed by atoms with Crippen molar-refractivity contribution in [3.63, 3.8) is 0 Å². The highest BCUT2D eigenvalue weighted by Crippen LogP contribution is 2.56. The Hall–Kier alpha value is -3.15. The van der Waals surface area contributed by atoms with Crippen molar-refractivity contribution in [2.75, 3.05) is 12.4 Å². The third-order valence-electron chi connectivity index (χ3n) is 6.02. The quantitative estimate of drug-likeness (QED) is 0.839. The van der Waals surface area contributed by atoms with Gasteiger partial charge < -0.3 is 11.1 Å². The Balaban J connectivity index is 1.57. The van der Waals surface area contributed by atoms with Gasteiger partial charge in [0.15, 0.2) is 5.96 Å². The zero-order valence-electron chi connectivity index (χ0n) is 17.0. The van der Waals surface area contributed by atoms with Gasteiger partial charge in [-0.3, -0.25) is 14.5 Å². The number of anilines is 1. The van der Waals surface area contributed by atoms with Crippen LogP contribution in [-0.4, -0.2) is 35.3 Å². The first-order chi connectivity index (χ1) is 13.8. The van der Waals surface area contributed by atoms with Crippen LogP contribution in [0.15, 0.2) is 53.5 Å². The van der Waals surface area contributed by atoms with Gasteiger partial charge in [0.25, 0.3) is 0 Å². The van der Waals surface area contributed by atoms with Gasteiger partial charge in [0.2, 0.25) is 11.8 Å². The molecule has 2 aliphatic rings. The second kappa shape index (κ2) is 7.03. The zero-order chi connectivity index (χ0) is 20.8. The van der Waals surface area contributed by atoms with Crippen LogP contribution < -0.4 is 11.1 Å². The summed E-state index contributed by atoms with van der Waals surface area (Å²) in [6.45, 7) is 3.54. The normalized spacial score (nSPS) is 26.1. The molecule has 2 aromatic rings. The zero-order valence-corrected chi connectivity index (χ0v) is 17.0. The van der Waals surface area contributed by atoms with Crippen molar-refractivity contribution in [1.82, 2.24) is 4.90 Å². The van der Waals surface area contributed by atoms with Gasteiger partial charge in [-0.2, -0.15) is 0 Å². The first-order valence-electron chi connectivity index (χ1n) is 9.87. The van der Waals surface area contributed by atoms with Crippen molar-refractivity contribution in [1.29, 1.82) is 0 Å². The molecule has 150 valence electrons. The Kier molecular flexibility index (Phi) is 4.65. The van der Waals surface area contributed by atoms with Gasteiger partial charge in [-0.15, -0.1) is 0 Å². The van der Waals surface area contributed by atoms with E-state index in [1.165, 1.54) is 17.4 Å². The van der Waals surface area contributed by atoms with Crippen LogP contribution in [0.1, 0.15) is 38.2 Å². The standard InChI is InChI=1S/C23H26N4O2/c1-14(28)25-18-9-5-7-16(11-18)15-6-4-8-17(10-15)19-12-20(19)23(2)13-21(29)27(3)22(24)26-23/h4-11,19-20H,12-13H2,1-3H3,(H2,24,26)(H,25,28)/t19-,20+,23-/m0/s1. The van der Waals surface area contributed by atoms with E-state index >= 15 is 0 Å². The molecule has 1 saturated carbocycles. The van der Waals surface area contributed by atoms with Gasteiger partial charge in [-0.05, 0) is 54.0 Å². The molecule has 4 rings (SSSR count). The van der Waals surface area contributed by atoms with Crippen LogP contribution in [-0.2, 0) is 9.59 Å². The Morgan fingerprint density at radius 3 is 2.59 bits per heavy atom. The number of hydrogen-bond donors (Lipinski definition) is 2. The van der Waals surface area contributed by atoms with Crippen molar-refractivity contribution >= 4 is 23.5 Å². The predicted octanol–water partition coefficient (Wildman–Crippen LogP) is 3.35. The van der Waals surface area contributed by atoms with E-state index in [9.17, 15) is 9.59 Å². The number of hydrogen-bond acceptors (Lipinski definition) is 4. The lowest BCUT2D eigenvalue weighted by Crippen LogP contribution is -2.49. The highest BCUT2D eigenvalue weighted by atomic mass is 16.2. The minimum absolute atomic E-state index is 0.0224. The Bertz CT molecular complexity index is 1020. The van der Waals surface area contributed by atoms with Crippen LogP contribution in [0, 0.1) is 5.92 Å². The molecule has 6 heteroatoms. The highest BCUT2D eigenvalue weighted by molar-refractivity contribution is 5.98. The van der Waals surface area contributed by atoms with Crippen molar-refractivity contribution in [3.05, 3.63) is 54.1 Å². The van der Waals surface area contributed by atoms with Crippen LogP contribution >= 0.6 is 0 Å². The smallest absolute Gasteiger partial charge is 0.231 e. The second-order valence-corrected chi connectivity index (χ2v) is 8.29. The summed E-state index contributed by atoms with van der Waals surface area (Å²) in [4.78, 5) is 29.7. The van der Waals surface area contributed by atoms with Crippen LogP contribution in [0.2, 0.25) is 0 Å². The average Bonchev–Trinajstić information content (AvgIpc) is 3.48. The molecule has 2 amide bonds. The molecule has 0 aromatic heterocycles. The molecular weight excluding hydrogens is 364 g/mol. The molecule has 3 N–H and O–H groups in total. The van der Waals surface area contributed by atoms with Gasteiger partial charge >= 0.3 is 0 Å². The SMILES string of the molecule is CC(=O)Nc1cccc(-c2cccc([C@@H]3C[C@H]3[C@]3(C)CC(=O)N(C)C(N)=N3)c2)c1. The third kappa shape index (κ3) is 3.75. The maximum atomic E-state index is 12.3. The third-order valence-corrected chi connectivity index (χ3v) is 6.02. The summed E-state index contributed by atoms with van der Waals surface area (Å²) in [7, 11) is 1.67. The molecule has 0 spiro atoms. The van der Waals surface area contributed by atoms with E-state index in [0.717, 1.165) is 23.2 Å². The molecular formula is C23H26N4O2. The molecule has 1 heterocycles. The van der Waals surface area contributed by atoms with Crippen molar-refractivity contribution in [3.8, 4) is 11.1 Å². The minimum atomic E-state index is -0.445. The highest BCUT2D eigenvalue weighted by Gasteiger charge is 2.53. The van der Waals surface area contributed by atoms with E-state index < -0.39 is 5.54 Å². The molecule has 0 bridgehead atoms. The summed E-state index contributed by atoms with van der Waals surface area (Å²) in [5, 5.41) is 2.83. The summed E-state index contributed by atoms with van der Waals surface area (Å²) in [6, 6.07) is 16.3. The predicted molar refractivity (Wildman–Crippen MR) is 114 cm³/mol. The van der Waals surface area contributed by atoms with Crippen LogP contribution in [0.4, 0.5) is 5.69 Å². The number of carbonyl (C=O) groups excluding carboxylic acids is 2. The van der Waals surface area contributed by atoms with Gasteiger partial charge in [-0.1, -0.05) is 36.4 Å². The molecule has 0 unspecified atom stereocenters. The Morgan fingerprint density at radius 2 is 1.90 bits per heavy atom. The Labute approximate surface area is 170 Å². The second-order valence-electron chi connectivity index (χ2n) is 8.29. The summed E-state index contributed by atoms with van der Waals surface area (Å²) in [6.07, 6.45) is 1.39. The number of nitrogens with one attached hydrogen (secondary N) is 1. The number of rotatable bonds is 4. The lowest BCUT2D eigenvalue weighted by molar-refractivity contribution is -0.128. The van der Waals surface area contributed by atoms with Crippen molar-refractivity contribution in [2.24, 2.45) is 16.6 Å². The lowest BCUT2D eigenvalue weighted by Gasteiger charge is -2.33. The number of nitrogens with two attached hydrogens (primary N) is 1. The molecule has 2 aromatic carbocycles. The average molecular weight is 390 g/mol. The van der Waals surface area contributed by atoms with Crippen LogP contribution in [0.5, 0.6) is 0 Å². The van der Waals surface area contributed by atoms with E-state index in [1.54, 1.807) is 7.05 Å². The van der Waals surface area contributed by atoms with Gasteiger partial charge in [0.1, 0.15) is 0 Å².